The number of nitrogens with one attached hydrogen (secondary N) is 1. The molecule has 5 heteroatoms. The Balaban J connectivity index is 1.35. The van der Waals surface area contributed by atoms with E-state index in [1.165, 1.54) is 29.9 Å². The van der Waals surface area contributed by atoms with E-state index in [0.29, 0.717) is 5.92 Å². The molecule has 1 aliphatic heterocycles. The first-order valence-electron chi connectivity index (χ1n) is 6.70. The molecule has 0 spiro atoms. The number of hydrogen-bond acceptors (Lipinski definition) is 5. The maximum absolute atomic E-state index is 5.89. The average molecular weight is 273 g/mol. The second-order valence-corrected chi connectivity index (χ2v) is 5.92. The molecule has 1 atom stereocenters. The van der Waals surface area contributed by atoms with Crippen molar-refractivity contribution >= 4 is 16.7 Å². The van der Waals surface area contributed by atoms with Crippen molar-refractivity contribution in [2.24, 2.45) is 0 Å². The van der Waals surface area contributed by atoms with E-state index in [9.17, 15) is 0 Å². The van der Waals surface area contributed by atoms with Crippen LogP contribution in [-0.4, -0.2) is 22.0 Å². The van der Waals surface area contributed by atoms with Crippen molar-refractivity contribution in [2.45, 2.75) is 31.3 Å². The van der Waals surface area contributed by atoms with Gasteiger partial charge < -0.3 is 10.1 Å². The van der Waals surface area contributed by atoms with Crippen LogP contribution in [0.2, 0.25) is 0 Å². The highest BCUT2D eigenvalue weighted by molar-refractivity contribution is 7.09. The summed E-state index contributed by atoms with van der Waals surface area (Å²) < 4.78 is 10.3. The van der Waals surface area contributed by atoms with Crippen molar-refractivity contribution in [3.63, 3.8) is 0 Å². The van der Waals surface area contributed by atoms with Gasteiger partial charge in [0.15, 0.2) is 0 Å². The van der Waals surface area contributed by atoms with Crippen LogP contribution in [-0.2, 0) is 6.42 Å². The summed E-state index contributed by atoms with van der Waals surface area (Å²) in [5.41, 5.74) is 1.30. The summed E-state index contributed by atoms with van der Waals surface area (Å²) in [4.78, 5) is 4.52. The molecule has 4 rings (SSSR count). The highest BCUT2D eigenvalue weighted by atomic mass is 32.1. The highest BCUT2D eigenvalue weighted by Crippen LogP contribution is 2.39. The Labute approximate surface area is 116 Å². The van der Waals surface area contributed by atoms with Crippen LogP contribution in [0.25, 0.3) is 0 Å². The second-order valence-electron chi connectivity index (χ2n) is 5.16. The van der Waals surface area contributed by atoms with Gasteiger partial charge in [0.05, 0.1) is 6.54 Å². The van der Waals surface area contributed by atoms with Gasteiger partial charge in [0, 0.05) is 23.9 Å². The van der Waals surface area contributed by atoms with E-state index in [-0.39, 0.29) is 6.10 Å². The maximum Gasteiger partial charge on any atom is 0.202 e. The molecule has 4 nitrogen and oxygen atoms in total. The van der Waals surface area contributed by atoms with Gasteiger partial charge in [0.2, 0.25) is 5.13 Å². The van der Waals surface area contributed by atoms with Crippen molar-refractivity contribution in [1.82, 2.24) is 9.36 Å². The molecule has 0 saturated heterocycles. The summed E-state index contributed by atoms with van der Waals surface area (Å²) >= 11 is 1.46. The molecule has 0 amide bonds. The third-order valence-corrected chi connectivity index (χ3v) is 4.27. The molecule has 1 aromatic heterocycles. The van der Waals surface area contributed by atoms with Gasteiger partial charge in [-0.2, -0.15) is 4.37 Å². The molecule has 2 aliphatic rings. The lowest BCUT2D eigenvalue weighted by Crippen LogP contribution is -2.23. The van der Waals surface area contributed by atoms with Gasteiger partial charge in [-0.05, 0) is 24.5 Å². The van der Waals surface area contributed by atoms with E-state index >= 15 is 0 Å². The Hall–Kier alpha value is -1.62. The summed E-state index contributed by atoms with van der Waals surface area (Å²) in [5, 5.41) is 4.26. The maximum atomic E-state index is 5.89. The molecule has 1 N–H and O–H groups in total. The third kappa shape index (κ3) is 2.30. The summed E-state index contributed by atoms with van der Waals surface area (Å²) in [6, 6.07) is 8.24. The zero-order valence-electron chi connectivity index (χ0n) is 10.5. The van der Waals surface area contributed by atoms with E-state index in [4.69, 9.17) is 4.74 Å². The van der Waals surface area contributed by atoms with Gasteiger partial charge in [-0.15, -0.1) is 0 Å². The van der Waals surface area contributed by atoms with Gasteiger partial charge in [-0.3, -0.25) is 0 Å². The molecule has 19 heavy (non-hydrogen) atoms. The largest absolute Gasteiger partial charge is 0.488 e. The fraction of sp³-hybridized carbons (Fsp3) is 0.429. The Kier molecular flexibility index (Phi) is 2.65. The molecule has 1 saturated carbocycles. The SMILES string of the molecule is c1ccc2c(c1)CC(CNc1nc(C3CC3)ns1)O2. The van der Waals surface area contributed by atoms with Crippen LogP contribution in [0.5, 0.6) is 5.75 Å². The number of fused-ring (bicyclic) bond motifs is 1. The van der Waals surface area contributed by atoms with Crippen LogP contribution in [0, 0.1) is 0 Å². The van der Waals surface area contributed by atoms with E-state index in [0.717, 1.165) is 29.7 Å². The summed E-state index contributed by atoms with van der Waals surface area (Å²) in [6.45, 7) is 0.786. The zero-order chi connectivity index (χ0) is 12.7. The molecule has 1 unspecified atom stereocenters. The second kappa shape index (κ2) is 4.49. The number of benzene rings is 1. The van der Waals surface area contributed by atoms with E-state index in [1.807, 2.05) is 12.1 Å². The molecule has 98 valence electrons. The van der Waals surface area contributed by atoms with Crippen molar-refractivity contribution in [1.29, 1.82) is 0 Å². The smallest absolute Gasteiger partial charge is 0.202 e. The van der Waals surface area contributed by atoms with Gasteiger partial charge in [-0.1, -0.05) is 18.2 Å². The third-order valence-electron chi connectivity index (χ3n) is 3.58. The normalized spacial score (nSPS) is 20.9. The van der Waals surface area contributed by atoms with E-state index in [1.54, 1.807) is 0 Å². The summed E-state index contributed by atoms with van der Waals surface area (Å²) in [6.07, 6.45) is 3.66. The molecule has 2 heterocycles. The van der Waals surface area contributed by atoms with Crippen LogP contribution in [0.3, 0.4) is 0 Å². The van der Waals surface area contributed by atoms with Crippen LogP contribution < -0.4 is 10.1 Å². The predicted octanol–water partition coefficient (Wildman–Crippen LogP) is 2.83. The standard InChI is InChI=1S/C14H15N3OS/c1-2-4-12-10(3-1)7-11(18-12)8-15-14-16-13(17-19-14)9-5-6-9/h1-4,9,11H,5-8H2,(H,15,16,17). The van der Waals surface area contributed by atoms with Gasteiger partial charge >= 0.3 is 0 Å². The summed E-state index contributed by atoms with van der Waals surface area (Å²) in [5.74, 6) is 2.66. The number of para-hydroxylation sites is 1. The lowest BCUT2D eigenvalue weighted by molar-refractivity contribution is 0.246. The highest BCUT2D eigenvalue weighted by Gasteiger charge is 2.28. The number of nitrogens with zero attached hydrogens (tertiary/aromatic N) is 2. The molecular formula is C14H15N3OS. The van der Waals surface area contributed by atoms with Gasteiger partial charge in [0.25, 0.3) is 0 Å². The van der Waals surface area contributed by atoms with E-state index in [2.05, 4.69) is 26.8 Å². The van der Waals surface area contributed by atoms with Crippen molar-refractivity contribution in [2.75, 3.05) is 11.9 Å². The topological polar surface area (TPSA) is 47.0 Å². The molecule has 1 aromatic carbocycles. The molecule has 0 radical (unpaired) electrons. The number of hydrogen-bond donors (Lipinski definition) is 1. The monoisotopic (exact) mass is 273 g/mol. The lowest BCUT2D eigenvalue weighted by atomic mass is 10.1. The van der Waals surface area contributed by atoms with Crippen molar-refractivity contribution in [3.8, 4) is 5.75 Å². The predicted molar refractivity (Wildman–Crippen MR) is 74.9 cm³/mol. The average Bonchev–Trinajstić information content (AvgIpc) is 3.03. The van der Waals surface area contributed by atoms with Crippen molar-refractivity contribution < 1.29 is 4.74 Å². The van der Waals surface area contributed by atoms with Crippen molar-refractivity contribution in [3.05, 3.63) is 35.7 Å². The fourth-order valence-electron chi connectivity index (χ4n) is 2.38. The molecule has 0 bridgehead atoms. The molecule has 1 aliphatic carbocycles. The first-order valence-corrected chi connectivity index (χ1v) is 7.48. The molecular weight excluding hydrogens is 258 g/mol. The summed E-state index contributed by atoms with van der Waals surface area (Å²) in [7, 11) is 0. The Morgan fingerprint density at radius 3 is 3.05 bits per heavy atom. The minimum absolute atomic E-state index is 0.200. The Morgan fingerprint density at radius 2 is 2.21 bits per heavy atom. The number of aromatic nitrogens is 2. The minimum atomic E-state index is 0.200. The van der Waals surface area contributed by atoms with Crippen LogP contribution in [0.1, 0.15) is 30.1 Å². The minimum Gasteiger partial charge on any atom is -0.488 e. The Morgan fingerprint density at radius 1 is 1.32 bits per heavy atom. The zero-order valence-corrected chi connectivity index (χ0v) is 11.3. The van der Waals surface area contributed by atoms with Crippen LogP contribution in [0.15, 0.2) is 24.3 Å². The van der Waals surface area contributed by atoms with Gasteiger partial charge in [-0.25, -0.2) is 4.98 Å². The first kappa shape index (κ1) is 11.2. The van der Waals surface area contributed by atoms with E-state index < -0.39 is 0 Å². The van der Waals surface area contributed by atoms with Crippen LogP contribution in [0.4, 0.5) is 5.13 Å². The van der Waals surface area contributed by atoms with Crippen LogP contribution >= 0.6 is 11.5 Å². The number of anilines is 1. The number of rotatable bonds is 4. The molecule has 2 aromatic rings. The quantitative estimate of drug-likeness (QED) is 0.930. The number of ether oxygens (including phenoxy) is 1. The Bertz CT molecular complexity index is 569. The first-order chi connectivity index (χ1) is 9.38. The lowest BCUT2D eigenvalue weighted by Gasteiger charge is -2.10. The van der Waals surface area contributed by atoms with Gasteiger partial charge in [0.1, 0.15) is 17.7 Å². The molecule has 1 fully saturated rings. The fourth-order valence-corrected chi connectivity index (χ4v) is 3.04.